The molecule has 1 aliphatic heterocycles. The minimum absolute atomic E-state index is 0.0732. The van der Waals surface area contributed by atoms with Crippen LogP contribution in [0.1, 0.15) is 27.2 Å². The highest BCUT2D eigenvalue weighted by Crippen LogP contribution is 2.27. The molecule has 4 nitrogen and oxygen atoms in total. The summed E-state index contributed by atoms with van der Waals surface area (Å²) in [6.45, 7) is 1.82. The summed E-state index contributed by atoms with van der Waals surface area (Å²) in [6, 6.07) is 0. The number of thioether (sulfide) groups is 1. The zero-order chi connectivity index (χ0) is 11.0. The van der Waals surface area contributed by atoms with E-state index in [9.17, 15) is 9.59 Å². The molecule has 5 heteroatoms. The van der Waals surface area contributed by atoms with E-state index in [0.717, 1.165) is 28.3 Å². The number of fused-ring (bicyclic) bond motifs is 1. The molecule has 80 valence electrons. The van der Waals surface area contributed by atoms with Gasteiger partial charge in [-0.15, -0.1) is 0 Å². The SMILES string of the molecule is Cc1[nH]c(=O)c(C(=O)O)c2c1CSCC2. The molecule has 0 unspecified atom stereocenters. The van der Waals surface area contributed by atoms with Crippen LogP contribution in [0.5, 0.6) is 0 Å². The van der Waals surface area contributed by atoms with E-state index < -0.39 is 11.5 Å². The fraction of sp³-hybridized carbons (Fsp3) is 0.400. The molecule has 0 aromatic carbocycles. The monoisotopic (exact) mass is 225 g/mol. The van der Waals surface area contributed by atoms with Gasteiger partial charge in [-0.05, 0) is 30.2 Å². The number of hydrogen-bond acceptors (Lipinski definition) is 3. The first kappa shape index (κ1) is 10.3. The van der Waals surface area contributed by atoms with Gasteiger partial charge in [0.15, 0.2) is 0 Å². The third-order valence-electron chi connectivity index (χ3n) is 2.60. The van der Waals surface area contributed by atoms with E-state index in [1.165, 1.54) is 0 Å². The Morgan fingerprint density at radius 3 is 2.87 bits per heavy atom. The van der Waals surface area contributed by atoms with Crippen molar-refractivity contribution in [3.05, 3.63) is 32.7 Å². The Morgan fingerprint density at radius 2 is 2.20 bits per heavy atom. The molecule has 0 atom stereocenters. The van der Waals surface area contributed by atoms with Gasteiger partial charge in [-0.2, -0.15) is 11.8 Å². The van der Waals surface area contributed by atoms with Crippen LogP contribution in [0.2, 0.25) is 0 Å². The largest absolute Gasteiger partial charge is 0.477 e. The Hall–Kier alpha value is -1.23. The zero-order valence-corrected chi connectivity index (χ0v) is 9.11. The minimum atomic E-state index is -1.13. The maximum Gasteiger partial charge on any atom is 0.341 e. The van der Waals surface area contributed by atoms with Crippen LogP contribution < -0.4 is 5.56 Å². The molecule has 0 spiro atoms. The molecule has 0 amide bonds. The average Bonchev–Trinajstić information content (AvgIpc) is 2.17. The summed E-state index contributed by atoms with van der Waals surface area (Å²) in [4.78, 5) is 25.1. The second-order valence-electron chi connectivity index (χ2n) is 3.52. The highest BCUT2D eigenvalue weighted by atomic mass is 32.2. The molecule has 0 aliphatic carbocycles. The number of aromatic carboxylic acids is 1. The molecule has 0 radical (unpaired) electrons. The second-order valence-corrected chi connectivity index (χ2v) is 4.62. The van der Waals surface area contributed by atoms with E-state index in [1.807, 2.05) is 6.92 Å². The summed E-state index contributed by atoms with van der Waals surface area (Å²) in [5.74, 6) is 0.549. The Bertz CT molecular complexity index is 478. The van der Waals surface area contributed by atoms with Crippen molar-refractivity contribution < 1.29 is 9.90 Å². The van der Waals surface area contributed by atoms with Crippen molar-refractivity contribution in [3.63, 3.8) is 0 Å². The van der Waals surface area contributed by atoms with Crippen LogP contribution in [0, 0.1) is 6.92 Å². The maximum atomic E-state index is 11.5. The van der Waals surface area contributed by atoms with Crippen molar-refractivity contribution >= 4 is 17.7 Å². The van der Waals surface area contributed by atoms with Crippen LogP contribution in [0.25, 0.3) is 0 Å². The number of carbonyl (C=O) groups is 1. The summed E-state index contributed by atoms with van der Waals surface area (Å²) in [5.41, 5.74) is 1.96. The molecule has 0 saturated heterocycles. The molecular formula is C10H11NO3S. The molecular weight excluding hydrogens is 214 g/mol. The van der Waals surface area contributed by atoms with Crippen LogP contribution in [0.15, 0.2) is 4.79 Å². The molecule has 2 heterocycles. The van der Waals surface area contributed by atoms with Crippen LogP contribution in [0.3, 0.4) is 0 Å². The lowest BCUT2D eigenvalue weighted by atomic mass is 10.00. The van der Waals surface area contributed by atoms with Gasteiger partial charge in [0, 0.05) is 11.4 Å². The number of pyridine rings is 1. The van der Waals surface area contributed by atoms with Gasteiger partial charge >= 0.3 is 5.97 Å². The first-order chi connectivity index (χ1) is 7.11. The maximum absolute atomic E-state index is 11.5. The normalized spacial score (nSPS) is 14.7. The Labute approximate surface area is 90.7 Å². The van der Waals surface area contributed by atoms with Gasteiger partial charge in [0.2, 0.25) is 0 Å². The third kappa shape index (κ3) is 1.67. The lowest BCUT2D eigenvalue weighted by molar-refractivity contribution is 0.0693. The van der Waals surface area contributed by atoms with E-state index >= 15 is 0 Å². The number of hydrogen-bond donors (Lipinski definition) is 2. The van der Waals surface area contributed by atoms with Gasteiger partial charge < -0.3 is 10.1 Å². The fourth-order valence-corrected chi connectivity index (χ4v) is 2.96. The number of aromatic nitrogens is 1. The third-order valence-corrected chi connectivity index (χ3v) is 3.59. The van der Waals surface area contributed by atoms with E-state index in [0.29, 0.717) is 6.42 Å². The van der Waals surface area contributed by atoms with Gasteiger partial charge in [0.05, 0.1) is 0 Å². The van der Waals surface area contributed by atoms with Gasteiger partial charge in [-0.25, -0.2) is 4.79 Å². The molecule has 0 saturated carbocycles. The number of carboxylic acids is 1. The van der Waals surface area contributed by atoms with Crippen molar-refractivity contribution in [2.45, 2.75) is 19.1 Å². The molecule has 1 aromatic heterocycles. The molecule has 2 N–H and O–H groups in total. The topological polar surface area (TPSA) is 70.2 Å². The predicted octanol–water partition coefficient (Wildman–Crippen LogP) is 1.17. The molecule has 1 aliphatic rings. The van der Waals surface area contributed by atoms with Gasteiger partial charge in [0.1, 0.15) is 5.56 Å². The second kappa shape index (κ2) is 3.73. The van der Waals surface area contributed by atoms with E-state index in [2.05, 4.69) is 4.98 Å². The summed E-state index contributed by atoms with van der Waals surface area (Å²) in [6.07, 6.45) is 0.673. The molecule has 0 fully saturated rings. The number of aryl methyl sites for hydroxylation is 1. The van der Waals surface area contributed by atoms with Gasteiger partial charge in [0.25, 0.3) is 5.56 Å². The predicted molar refractivity (Wildman–Crippen MR) is 58.6 cm³/mol. The first-order valence-corrected chi connectivity index (χ1v) is 5.82. The summed E-state index contributed by atoms with van der Waals surface area (Å²) in [5, 5.41) is 8.99. The fourth-order valence-electron chi connectivity index (χ4n) is 1.87. The minimum Gasteiger partial charge on any atom is -0.477 e. The molecule has 0 bridgehead atoms. The van der Waals surface area contributed by atoms with Crippen LogP contribution in [-0.2, 0) is 12.2 Å². The quantitative estimate of drug-likeness (QED) is 0.752. The van der Waals surface area contributed by atoms with E-state index in [1.54, 1.807) is 11.8 Å². The Kier molecular flexibility index (Phi) is 2.56. The summed E-state index contributed by atoms with van der Waals surface area (Å²) in [7, 11) is 0. The number of carboxylic acid groups (broad SMARTS) is 1. The standard InChI is InChI=1S/C10H11NO3S/c1-5-7-4-15-3-2-6(7)8(10(13)14)9(12)11-5/h2-4H2,1H3,(H,11,12)(H,13,14). The smallest absolute Gasteiger partial charge is 0.341 e. The van der Waals surface area contributed by atoms with Crippen molar-refractivity contribution in [1.82, 2.24) is 4.98 Å². The summed E-state index contributed by atoms with van der Waals surface area (Å²) >= 11 is 1.76. The Morgan fingerprint density at radius 1 is 1.47 bits per heavy atom. The Balaban J connectivity index is 2.74. The van der Waals surface area contributed by atoms with Crippen LogP contribution in [0.4, 0.5) is 0 Å². The summed E-state index contributed by atoms with van der Waals surface area (Å²) < 4.78 is 0. The van der Waals surface area contributed by atoms with Crippen molar-refractivity contribution in [1.29, 1.82) is 0 Å². The van der Waals surface area contributed by atoms with Crippen LogP contribution in [-0.4, -0.2) is 21.8 Å². The number of nitrogens with one attached hydrogen (secondary N) is 1. The van der Waals surface area contributed by atoms with Crippen molar-refractivity contribution in [3.8, 4) is 0 Å². The number of H-pyrrole nitrogens is 1. The lowest BCUT2D eigenvalue weighted by Crippen LogP contribution is -2.25. The molecule has 15 heavy (non-hydrogen) atoms. The first-order valence-electron chi connectivity index (χ1n) is 4.67. The van der Waals surface area contributed by atoms with E-state index in [-0.39, 0.29) is 5.56 Å². The van der Waals surface area contributed by atoms with Gasteiger partial charge in [-0.1, -0.05) is 0 Å². The highest BCUT2D eigenvalue weighted by molar-refractivity contribution is 7.98. The highest BCUT2D eigenvalue weighted by Gasteiger charge is 2.22. The van der Waals surface area contributed by atoms with Gasteiger partial charge in [-0.3, -0.25) is 4.79 Å². The number of aromatic amines is 1. The van der Waals surface area contributed by atoms with Crippen molar-refractivity contribution in [2.75, 3.05) is 5.75 Å². The number of rotatable bonds is 1. The lowest BCUT2D eigenvalue weighted by Gasteiger charge is -2.18. The average molecular weight is 225 g/mol. The zero-order valence-electron chi connectivity index (χ0n) is 8.29. The molecule has 2 rings (SSSR count). The molecule has 1 aromatic rings. The van der Waals surface area contributed by atoms with Crippen LogP contribution >= 0.6 is 11.8 Å². The van der Waals surface area contributed by atoms with E-state index in [4.69, 9.17) is 5.11 Å². The van der Waals surface area contributed by atoms with Crippen molar-refractivity contribution in [2.24, 2.45) is 0 Å².